The maximum atomic E-state index is 12.1. The molecule has 2 heterocycles. The minimum absolute atomic E-state index is 0.164. The number of carbonyl (C=O) groups is 1. The van der Waals surface area contributed by atoms with Crippen LogP contribution in [0.15, 0.2) is 47.6 Å². The number of thioether (sulfide) groups is 1. The van der Waals surface area contributed by atoms with E-state index in [1.54, 1.807) is 12.1 Å². The number of carbonyl (C=O) groups excluding carboxylic acids is 1. The van der Waals surface area contributed by atoms with Crippen molar-refractivity contribution in [3.05, 3.63) is 53.1 Å². The molecule has 0 aliphatic rings. The van der Waals surface area contributed by atoms with Gasteiger partial charge < -0.3 is 10.3 Å². The number of nitrogens with one attached hydrogen (secondary N) is 2. The maximum Gasteiger partial charge on any atom is 0.234 e. The first-order chi connectivity index (χ1) is 12.6. The second-order valence-electron chi connectivity index (χ2n) is 5.78. The van der Waals surface area contributed by atoms with E-state index in [0.29, 0.717) is 21.5 Å². The lowest BCUT2D eigenvalue weighted by atomic mass is 10.2. The van der Waals surface area contributed by atoms with Gasteiger partial charge in [0.05, 0.1) is 16.5 Å². The highest BCUT2D eigenvalue weighted by Crippen LogP contribution is 2.25. The predicted molar refractivity (Wildman–Crippen MR) is 105 cm³/mol. The Morgan fingerprint density at radius 2 is 2.08 bits per heavy atom. The molecule has 0 unspecified atom stereocenters. The van der Waals surface area contributed by atoms with Crippen LogP contribution in [0, 0.1) is 6.92 Å². The summed E-state index contributed by atoms with van der Waals surface area (Å²) < 4.78 is 0. The highest BCUT2D eigenvalue weighted by molar-refractivity contribution is 7.99. The highest BCUT2D eigenvalue weighted by Gasteiger charge is 2.12. The fraction of sp³-hybridized carbons (Fsp3) is 0.111. The van der Waals surface area contributed by atoms with Crippen molar-refractivity contribution >= 4 is 57.0 Å². The molecule has 0 saturated heterocycles. The summed E-state index contributed by atoms with van der Waals surface area (Å²) in [6.07, 6.45) is 0. The molecule has 26 heavy (non-hydrogen) atoms. The molecule has 130 valence electrons. The maximum absolute atomic E-state index is 12.1. The number of aromatic amines is 1. The van der Waals surface area contributed by atoms with Crippen LogP contribution in [0.4, 0.5) is 5.69 Å². The molecular formula is C18H14ClN5OS. The number of halogens is 1. The second kappa shape index (κ2) is 6.93. The van der Waals surface area contributed by atoms with Crippen LogP contribution in [0.1, 0.15) is 5.56 Å². The molecule has 8 heteroatoms. The number of fused-ring (bicyclic) bond motifs is 3. The van der Waals surface area contributed by atoms with Gasteiger partial charge in [0, 0.05) is 10.9 Å². The molecule has 0 atom stereocenters. The molecular weight excluding hydrogens is 370 g/mol. The lowest BCUT2D eigenvalue weighted by Gasteiger charge is -2.06. The number of aromatic nitrogens is 4. The van der Waals surface area contributed by atoms with Crippen molar-refractivity contribution in [3.8, 4) is 0 Å². The number of rotatable bonds is 4. The topological polar surface area (TPSA) is 83.6 Å². The van der Waals surface area contributed by atoms with E-state index in [2.05, 4.69) is 25.5 Å². The molecule has 0 spiro atoms. The Balaban J connectivity index is 1.50. The third-order valence-electron chi connectivity index (χ3n) is 3.83. The molecule has 2 N–H and O–H groups in total. The normalized spacial score (nSPS) is 11.2. The van der Waals surface area contributed by atoms with Crippen LogP contribution in [0.5, 0.6) is 0 Å². The van der Waals surface area contributed by atoms with Crippen molar-refractivity contribution in [2.75, 3.05) is 11.1 Å². The van der Waals surface area contributed by atoms with Crippen LogP contribution in [-0.2, 0) is 4.79 Å². The SMILES string of the molecule is Cc1ccc2[nH]c3nc(SCC(=O)Nc4ccccc4Cl)nnc3c2c1. The summed E-state index contributed by atoms with van der Waals surface area (Å²) >= 11 is 7.26. The molecule has 2 aromatic heterocycles. The first-order valence-electron chi connectivity index (χ1n) is 7.90. The molecule has 1 amide bonds. The summed E-state index contributed by atoms with van der Waals surface area (Å²) in [6, 6.07) is 13.2. The average Bonchev–Trinajstić information content (AvgIpc) is 2.99. The van der Waals surface area contributed by atoms with Crippen molar-refractivity contribution in [2.24, 2.45) is 0 Å². The zero-order valence-corrected chi connectivity index (χ0v) is 15.4. The molecule has 0 saturated carbocycles. The summed E-state index contributed by atoms with van der Waals surface area (Å²) in [7, 11) is 0. The Morgan fingerprint density at radius 1 is 1.23 bits per heavy atom. The van der Waals surface area contributed by atoms with Gasteiger partial charge in [-0.2, -0.15) is 0 Å². The van der Waals surface area contributed by atoms with Gasteiger partial charge in [0.2, 0.25) is 11.1 Å². The minimum Gasteiger partial charge on any atom is -0.338 e. The van der Waals surface area contributed by atoms with Crippen LogP contribution in [-0.4, -0.2) is 31.8 Å². The number of para-hydroxylation sites is 1. The number of H-pyrrole nitrogens is 1. The number of hydrogen-bond acceptors (Lipinski definition) is 5. The Bertz CT molecular complexity index is 1130. The van der Waals surface area contributed by atoms with E-state index in [9.17, 15) is 4.79 Å². The highest BCUT2D eigenvalue weighted by atomic mass is 35.5. The fourth-order valence-corrected chi connectivity index (χ4v) is 3.38. The van der Waals surface area contributed by atoms with E-state index in [4.69, 9.17) is 11.6 Å². The van der Waals surface area contributed by atoms with Gasteiger partial charge in [-0.1, -0.05) is 47.1 Å². The van der Waals surface area contributed by atoms with Gasteiger partial charge in [-0.3, -0.25) is 4.79 Å². The van der Waals surface area contributed by atoms with Gasteiger partial charge in [-0.15, -0.1) is 10.2 Å². The number of hydrogen-bond donors (Lipinski definition) is 2. The summed E-state index contributed by atoms with van der Waals surface area (Å²) in [4.78, 5) is 19.8. The lowest BCUT2D eigenvalue weighted by Crippen LogP contribution is -2.14. The fourth-order valence-electron chi connectivity index (χ4n) is 2.61. The minimum atomic E-state index is -0.181. The monoisotopic (exact) mass is 383 g/mol. The molecule has 2 aromatic carbocycles. The van der Waals surface area contributed by atoms with E-state index in [1.165, 1.54) is 11.8 Å². The molecule has 0 aliphatic heterocycles. The number of anilines is 1. The summed E-state index contributed by atoms with van der Waals surface area (Å²) in [5.41, 5.74) is 4.09. The van der Waals surface area contributed by atoms with E-state index in [-0.39, 0.29) is 11.7 Å². The van der Waals surface area contributed by atoms with Crippen LogP contribution >= 0.6 is 23.4 Å². The number of amides is 1. The van der Waals surface area contributed by atoms with Gasteiger partial charge in [-0.25, -0.2) is 4.98 Å². The number of benzene rings is 2. The molecule has 0 bridgehead atoms. The van der Waals surface area contributed by atoms with Crippen molar-refractivity contribution in [2.45, 2.75) is 12.1 Å². The first kappa shape index (κ1) is 16.8. The zero-order valence-electron chi connectivity index (χ0n) is 13.8. The molecule has 0 radical (unpaired) electrons. The van der Waals surface area contributed by atoms with E-state index in [1.807, 2.05) is 37.3 Å². The lowest BCUT2D eigenvalue weighted by molar-refractivity contribution is -0.113. The van der Waals surface area contributed by atoms with Crippen LogP contribution in [0.3, 0.4) is 0 Å². The van der Waals surface area contributed by atoms with E-state index >= 15 is 0 Å². The quantitative estimate of drug-likeness (QED) is 0.516. The Labute approximate surface area is 158 Å². The van der Waals surface area contributed by atoms with Gasteiger partial charge in [0.25, 0.3) is 0 Å². The summed E-state index contributed by atoms with van der Waals surface area (Å²) in [5, 5.41) is 13.1. The molecule has 4 aromatic rings. The Kier molecular flexibility index (Phi) is 4.48. The number of aryl methyl sites for hydroxylation is 1. The van der Waals surface area contributed by atoms with Gasteiger partial charge in [0.1, 0.15) is 5.52 Å². The van der Waals surface area contributed by atoms with Crippen molar-refractivity contribution in [1.29, 1.82) is 0 Å². The molecule has 0 aliphatic carbocycles. The largest absolute Gasteiger partial charge is 0.338 e. The van der Waals surface area contributed by atoms with Gasteiger partial charge in [0.15, 0.2) is 5.65 Å². The summed E-state index contributed by atoms with van der Waals surface area (Å²) in [6.45, 7) is 2.03. The molecule has 0 fully saturated rings. The Hall–Kier alpha value is -2.64. The molecule has 4 rings (SSSR count). The third kappa shape index (κ3) is 3.36. The van der Waals surface area contributed by atoms with Crippen molar-refractivity contribution < 1.29 is 4.79 Å². The van der Waals surface area contributed by atoms with Crippen molar-refractivity contribution in [1.82, 2.24) is 20.2 Å². The van der Waals surface area contributed by atoms with E-state index in [0.717, 1.165) is 22.0 Å². The number of nitrogens with zero attached hydrogens (tertiary/aromatic N) is 3. The van der Waals surface area contributed by atoms with Crippen LogP contribution < -0.4 is 5.32 Å². The predicted octanol–water partition coefficient (Wildman–Crippen LogP) is 4.20. The third-order valence-corrected chi connectivity index (χ3v) is 5.00. The average molecular weight is 384 g/mol. The standard InChI is InChI=1S/C18H14ClN5OS/c1-10-6-7-13-11(8-10)16-17(21-13)22-18(24-23-16)26-9-15(25)20-14-5-3-2-4-12(14)19/h2-8H,9H2,1H3,(H,20,25)(H,21,22,24). The molecule has 6 nitrogen and oxygen atoms in total. The first-order valence-corrected chi connectivity index (χ1v) is 9.26. The van der Waals surface area contributed by atoms with Crippen LogP contribution in [0.25, 0.3) is 22.1 Å². The van der Waals surface area contributed by atoms with Gasteiger partial charge >= 0.3 is 0 Å². The van der Waals surface area contributed by atoms with Gasteiger partial charge in [-0.05, 0) is 31.2 Å². The Morgan fingerprint density at radius 3 is 2.92 bits per heavy atom. The van der Waals surface area contributed by atoms with Crippen molar-refractivity contribution in [3.63, 3.8) is 0 Å². The smallest absolute Gasteiger partial charge is 0.234 e. The second-order valence-corrected chi connectivity index (χ2v) is 7.13. The zero-order chi connectivity index (χ0) is 18.1. The van der Waals surface area contributed by atoms with Crippen LogP contribution in [0.2, 0.25) is 5.02 Å². The summed E-state index contributed by atoms with van der Waals surface area (Å²) in [5.74, 6) is -0.0170. The van der Waals surface area contributed by atoms with E-state index < -0.39 is 0 Å².